The van der Waals surface area contributed by atoms with Gasteiger partial charge in [-0.05, 0) is 51.6 Å². The third-order valence-electron chi connectivity index (χ3n) is 3.51. The minimum Gasteiger partial charge on any atom is -0.393 e. The van der Waals surface area contributed by atoms with Crippen LogP contribution in [0.4, 0.5) is 10.2 Å². The van der Waals surface area contributed by atoms with Crippen molar-refractivity contribution in [3.05, 3.63) is 41.8 Å². The highest BCUT2D eigenvalue weighted by atomic mass is 19.1. The minimum atomic E-state index is -0.391. The molecule has 1 aromatic heterocycles. The van der Waals surface area contributed by atoms with Gasteiger partial charge in [-0.3, -0.25) is 9.69 Å². The van der Waals surface area contributed by atoms with Gasteiger partial charge in [0.2, 0.25) is 5.91 Å². The third-order valence-corrected chi connectivity index (χ3v) is 3.51. The Balaban J connectivity index is 2.04. The molecule has 0 bridgehead atoms. The lowest BCUT2D eigenvalue weighted by atomic mass is 10.3. The number of aliphatic hydroxyl groups is 1. The van der Waals surface area contributed by atoms with Gasteiger partial charge in [0, 0.05) is 12.6 Å². The predicted molar refractivity (Wildman–Crippen MR) is 90.7 cm³/mol. The van der Waals surface area contributed by atoms with E-state index in [0.717, 1.165) is 5.69 Å². The Morgan fingerprint density at radius 2 is 2.08 bits per heavy atom. The Bertz CT molecular complexity index is 682. The number of carbonyl (C=O) groups excluding carboxylic acids is 1. The molecular weight excluding hydrogens is 311 g/mol. The average molecular weight is 334 g/mol. The number of nitrogens with zero attached hydrogens (tertiary/aromatic N) is 3. The molecule has 1 unspecified atom stereocenters. The normalized spacial score (nSPS) is 12.4. The van der Waals surface area contributed by atoms with Gasteiger partial charge in [0.05, 0.1) is 24.0 Å². The number of anilines is 1. The van der Waals surface area contributed by atoms with Crippen molar-refractivity contribution in [1.82, 2.24) is 14.7 Å². The number of benzene rings is 1. The molecule has 0 saturated heterocycles. The summed E-state index contributed by atoms with van der Waals surface area (Å²) >= 11 is 0. The summed E-state index contributed by atoms with van der Waals surface area (Å²) in [7, 11) is 1.82. The van der Waals surface area contributed by atoms with Gasteiger partial charge >= 0.3 is 0 Å². The third kappa shape index (κ3) is 5.14. The van der Waals surface area contributed by atoms with Gasteiger partial charge in [0.15, 0.2) is 0 Å². The molecule has 1 atom stereocenters. The number of aromatic nitrogens is 2. The van der Waals surface area contributed by atoms with E-state index in [4.69, 9.17) is 0 Å². The number of halogens is 1. The van der Waals surface area contributed by atoms with E-state index in [1.165, 1.54) is 12.1 Å². The second-order valence-electron chi connectivity index (χ2n) is 5.98. The van der Waals surface area contributed by atoms with Gasteiger partial charge in [0.1, 0.15) is 11.6 Å². The molecule has 0 aliphatic heterocycles. The fourth-order valence-corrected chi connectivity index (χ4v) is 2.28. The molecule has 1 heterocycles. The Morgan fingerprint density at radius 3 is 2.71 bits per heavy atom. The average Bonchev–Trinajstić information content (AvgIpc) is 2.86. The van der Waals surface area contributed by atoms with Gasteiger partial charge in [-0.15, -0.1) is 0 Å². The SMILES string of the molecule is Cc1cc(NC(=O)CN(C)CCC(C)O)n(-c2ccc(F)cc2)n1. The van der Waals surface area contributed by atoms with Crippen LogP contribution in [-0.4, -0.2) is 51.9 Å². The first-order valence-corrected chi connectivity index (χ1v) is 7.84. The molecule has 0 radical (unpaired) electrons. The maximum Gasteiger partial charge on any atom is 0.239 e. The van der Waals surface area contributed by atoms with Crippen LogP contribution in [-0.2, 0) is 4.79 Å². The Kier molecular flexibility index (Phi) is 6.05. The molecule has 0 fully saturated rings. The molecule has 0 aliphatic carbocycles. The summed E-state index contributed by atoms with van der Waals surface area (Å²) in [6.45, 7) is 4.38. The van der Waals surface area contributed by atoms with Crippen molar-refractivity contribution in [2.45, 2.75) is 26.4 Å². The molecule has 130 valence electrons. The smallest absolute Gasteiger partial charge is 0.239 e. The van der Waals surface area contributed by atoms with Crippen molar-refractivity contribution in [1.29, 1.82) is 0 Å². The largest absolute Gasteiger partial charge is 0.393 e. The molecule has 2 rings (SSSR count). The fraction of sp³-hybridized carbons (Fsp3) is 0.412. The molecule has 2 N–H and O–H groups in total. The highest BCUT2D eigenvalue weighted by Crippen LogP contribution is 2.17. The van der Waals surface area contributed by atoms with Crippen LogP contribution >= 0.6 is 0 Å². The first-order valence-electron chi connectivity index (χ1n) is 7.84. The Morgan fingerprint density at radius 1 is 1.42 bits per heavy atom. The van der Waals surface area contributed by atoms with E-state index < -0.39 is 6.10 Å². The highest BCUT2D eigenvalue weighted by molar-refractivity contribution is 5.91. The van der Waals surface area contributed by atoms with E-state index in [9.17, 15) is 14.3 Å². The fourth-order valence-electron chi connectivity index (χ4n) is 2.28. The standard InChI is InChI=1S/C17H23FN4O2/c1-12-10-16(19-17(24)11-21(3)9-8-13(2)23)22(20-12)15-6-4-14(18)5-7-15/h4-7,10,13,23H,8-9,11H2,1-3H3,(H,19,24). The molecule has 24 heavy (non-hydrogen) atoms. The van der Waals surface area contributed by atoms with Crippen molar-refractivity contribution < 1.29 is 14.3 Å². The van der Waals surface area contributed by atoms with Crippen LogP contribution < -0.4 is 5.32 Å². The van der Waals surface area contributed by atoms with Gasteiger partial charge in [-0.1, -0.05) is 0 Å². The van der Waals surface area contributed by atoms with Crippen molar-refractivity contribution in [3.8, 4) is 5.69 Å². The first kappa shape index (κ1) is 18.1. The molecule has 6 nitrogen and oxygen atoms in total. The van der Waals surface area contributed by atoms with Crippen LogP contribution in [0, 0.1) is 12.7 Å². The number of rotatable bonds is 7. The summed E-state index contributed by atoms with van der Waals surface area (Å²) in [6, 6.07) is 7.67. The van der Waals surface area contributed by atoms with E-state index in [1.807, 2.05) is 18.9 Å². The topological polar surface area (TPSA) is 70.4 Å². The molecule has 0 aliphatic rings. The zero-order chi connectivity index (χ0) is 17.7. The number of aryl methyl sites for hydroxylation is 1. The summed E-state index contributed by atoms with van der Waals surface area (Å²) < 4.78 is 14.6. The lowest BCUT2D eigenvalue weighted by molar-refractivity contribution is -0.117. The summed E-state index contributed by atoms with van der Waals surface area (Å²) in [6.07, 6.45) is 0.217. The second-order valence-corrected chi connectivity index (χ2v) is 5.98. The van der Waals surface area contributed by atoms with E-state index in [0.29, 0.717) is 24.5 Å². The van der Waals surface area contributed by atoms with Gasteiger partial charge in [-0.25, -0.2) is 9.07 Å². The molecule has 2 aromatic rings. The second kappa shape index (κ2) is 8.03. The van der Waals surface area contributed by atoms with Crippen molar-refractivity contribution in [2.24, 2.45) is 0 Å². The van der Waals surface area contributed by atoms with Gasteiger partial charge < -0.3 is 10.4 Å². The van der Waals surface area contributed by atoms with E-state index in [1.54, 1.807) is 29.8 Å². The van der Waals surface area contributed by atoms with E-state index in [2.05, 4.69) is 10.4 Å². The highest BCUT2D eigenvalue weighted by Gasteiger charge is 2.13. The van der Waals surface area contributed by atoms with Crippen LogP contribution in [0.5, 0.6) is 0 Å². The maximum absolute atomic E-state index is 13.1. The lowest BCUT2D eigenvalue weighted by Gasteiger charge is -2.17. The van der Waals surface area contributed by atoms with Crippen molar-refractivity contribution in [2.75, 3.05) is 25.5 Å². The van der Waals surface area contributed by atoms with Crippen LogP contribution in [0.1, 0.15) is 19.0 Å². The Hall–Kier alpha value is -2.25. The summed E-state index contributed by atoms with van der Waals surface area (Å²) in [5, 5.41) is 16.5. The Labute approximate surface area is 140 Å². The number of nitrogens with one attached hydrogen (secondary N) is 1. The minimum absolute atomic E-state index is 0.175. The van der Waals surface area contributed by atoms with Crippen molar-refractivity contribution in [3.63, 3.8) is 0 Å². The van der Waals surface area contributed by atoms with E-state index in [-0.39, 0.29) is 18.3 Å². The molecule has 0 saturated carbocycles. The lowest BCUT2D eigenvalue weighted by Crippen LogP contribution is -2.32. The number of likely N-dealkylation sites (N-methyl/N-ethyl adjacent to an activating group) is 1. The van der Waals surface area contributed by atoms with Crippen LogP contribution in [0.3, 0.4) is 0 Å². The molecule has 1 aromatic carbocycles. The van der Waals surface area contributed by atoms with Gasteiger partial charge in [-0.2, -0.15) is 5.10 Å². The quantitative estimate of drug-likeness (QED) is 0.812. The van der Waals surface area contributed by atoms with Crippen LogP contribution in [0.25, 0.3) is 5.69 Å². The first-order chi connectivity index (χ1) is 11.3. The molecule has 1 amide bonds. The number of aliphatic hydroxyl groups excluding tert-OH is 1. The summed E-state index contributed by atoms with van der Waals surface area (Å²) in [5.41, 5.74) is 1.42. The zero-order valence-electron chi connectivity index (χ0n) is 14.2. The van der Waals surface area contributed by atoms with Crippen LogP contribution in [0.2, 0.25) is 0 Å². The maximum atomic E-state index is 13.1. The predicted octanol–water partition coefficient (Wildman–Crippen LogP) is 1.96. The summed E-state index contributed by atoms with van der Waals surface area (Å²) in [5.74, 6) is 0.0346. The number of carbonyl (C=O) groups is 1. The molecular formula is C17H23FN4O2. The monoisotopic (exact) mass is 334 g/mol. The van der Waals surface area contributed by atoms with Crippen LogP contribution in [0.15, 0.2) is 30.3 Å². The number of amides is 1. The van der Waals surface area contributed by atoms with E-state index >= 15 is 0 Å². The molecule has 7 heteroatoms. The zero-order valence-corrected chi connectivity index (χ0v) is 14.2. The molecule has 0 spiro atoms. The summed E-state index contributed by atoms with van der Waals surface area (Å²) in [4.78, 5) is 14.0. The number of hydrogen-bond acceptors (Lipinski definition) is 4. The van der Waals surface area contributed by atoms with Gasteiger partial charge in [0.25, 0.3) is 0 Å². The number of hydrogen-bond donors (Lipinski definition) is 2. The van der Waals surface area contributed by atoms with Crippen molar-refractivity contribution >= 4 is 11.7 Å².